The number of carbonyl (C=O) groups excluding carboxylic acids is 3. The molecule has 1 fully saturated rings. The quantitative estimate of drug-likeness (QED) is 0.516. The van der Waals surface area contributed by atoms with E-state index in [1.807, 2.05) is 0 Å². The molecule has 0 aromatic heterocycles. The molecular weight excluding hydrogens is 306 g/mol. The van der Waals surface area contributed by atoms with Gasteiger partial charge < -0.3 is 10.6 Å². The summed E-state index contributed by atoms with van der Waals surface area (Å²) in [6, 6.07) is -0.604. The molecule has 130 valence electrons. The van der Waals surface area contributed by atoms with E-state index in [-0.39, 0.29) is 18.2 Å². The van der Waals surface area contributed by atoms with Crippen LogP contribution in [0.25, 0.3) is 0 Å². The number of piperidine rings is 1. The van der Waals surface area contributed by atoms with Crippen molar-refractivity contribution in [2.24, 2.45) is 5.73 Å². The summed E-state index contributed by atoms with van der Waals surface area (Å²) in [4.78, 5) is 37.5. The van der Waals surface area contributed by atoms with Crippen LogP contribution in [0.15, 0.2) is 36.0 Å². The number of unbranched alkanes of at least 4 members (excludes halogenated alkanes) is 2. The minimum atomic E-state index is -0.604. The fraction of sp³-hybridized carbons (Fsp3) is 0.500. The van der Waals surface area contributed by atoms with Crippen molar-refractivity contribution in [1.29, 1.82) is 0 Å². The maximum atomic E-state index is 12.6. The number of hydrogen-bond donors (Lipinski definition) is 2. The first-order valence-corrected chi connectivity index (χ1v) is 8.38. The molecule has 2 aliphatic rings. The molecule has 2 rings (SSSR count). The minimum absolute atomic E-state index is 0.211. The number of carbonyl (C=O) groups is 3. The molecule has 0 aliphatic carbocycles. The van der Waals surface area contributed by atoms with Crippen LogP contribution >= 0.6 is 0 Å². The molecule has 2 aliphatic heterocycles. The van der Waals surface area contributed by atoms with E-state index in [1.54, 1.807) is 0 Å². The third-order valence-corrected chi connectivity index (χ3v) is 4.54. The fourth-order valence-electron chi connectivity index (χ4n) is 3.17. The van der Waals surface area contributed by atoms with Crippen LogP contribution in [0.1, 0.15) is 38.5 Å². The number of nitrogens with one attached hydrogen (secondary N) is 1. The van der Waals surface area contributed by atoms with E-state index in [4.69, 9.17) is 5.73 Å². The first-order valence-electron chi connectivity index (χ1n) is 8.38. The van der Waals surface area contributed by atoms with Crippen LogP contribution in [-0.2, 0) is 14.4 Å². The first kappa shape index (κ1) is 18.1. The topological polar surface area (TPSA) is 92.5 Å². The maximum absolute atomic E-state index is 12.6. The van der Waals surface area contributed by atoms with Gasteiger partial charge in [-0.2, -0.15) is 0 Å². The third-order valence-electron chi connectivity index (χ3n) is 4.54. The van der Waals surface area contributed by atoms with E-state index in [0.717, 1.165) is 36.8 Å². The van der Waals surface area contributed by atoms with E-state index in [2.05, 4.69) is 18.5 Å². The van der Waals surface area contributed by atoms with Crippen LogP contribution in [-0.4, -0.2) is 41.8 Å². The molecule has 0 aromatic carbocycles. The highest BCUT2D eigenvalue weighted by molar-refractivity contribution is 6.06. The minimum Gasteiger partial charge on any atom is -0.330 e. The molecule has 0 saturated carbocycles. The van der Waals surface area contributed by atoms with E-state index in [0.29, 0.717) is 25.1 Å². The lowest BCUT2D eigenvalue weighted by molar-refractivity contribution is -0.142. The molecular formula is C18H25N3O3. The Kier molecular flexibility index (Phi) is 6.09. The van der Waals surface area contributed by atoms with Crippen LogP contribution in [0.3, 0.4) is 0 Å². The predicted molar refractivity (Wildman–Crippen MR) is 91.8 cm³/mol. The van der Waals surface area contributed by atoms with Gasteiger partial charge in [0.15, 0.2) is 0 Å². The SMILES string of the molecule is C=CC1=C(C(=C)CCCCCN)CN(C2CCC(=O)NC2=O)C1=O. The van der Waals surface area contributed by atoms with Gasteiger partial charge in [0, 0.05) is 18.5 Å². The van der Waals surface area contributed by atoms with Gasteiger partial charge >= 0.3 is 0 Å². The van der Waals surface area contributed by atoms with E-state index >= 15 is 0 Å². The van der Waals surface area contributed by atoms with E-state index < -0.39 is 11.9 Å². The summed E-state index contributed by atoms with van der Waals surface area (Å²) in [5, 5.41) is 2.30. The Labute approximate surface area is 142 Å². The maximum Gasteiger partial charge on any atom is 0.255 e. The zero-order chi connectivity index (χ0) is 17.7. The summed E-state index contributed by atoms with van der Waals surface area (Å²) in [5.74, 6) is -0.903. The van der Waals surface area contributed by atoms with E-state index in [9.17, 15) is 14.4 Å². The van der Waals surface area contributed by atoms with Gasteiger partial charge in [-0.1, -0.05) is 25.7 Å². The van der Waals surface area contributed by atoms with Gasteiger partial charge in [0.2, 0.25) is 11.8 Å². The number of rotatable bonds is 8. The Balaban J connectivity index is 2.06. The lowest BCUT2D eigenvalue weighted by atomic mass is 9.98. The Morgan fingerprint density at radius 2 is 2.04 bits per heavy atom. The summed E-state index contributed by atoms with van der Waals surface area (Å²) in [6.07, 6.45) is 5.91. The Morgan fingerprint density at radius 3 is 2.67 bits per heavy atom. The van der Waals surface area contributed by atoms with Gasteiger partial charge in [0.1, 0.15) is 6.04 Å². The van der Waals surface area contributed by atoms with Gasteiger partial charge in [-0.15, -0.1) is 0 Å². The number of nitrogens with two attached hydrogens (primary N) is 1. The molecule has 0 radical (unpaired) electrons. The monoisotopic (exact) mass is 331 g/mol. The van der Waals surface area contributed by atoms with Crippen molar-refractivity contribution in [2.75, 3.05) is 13.1 Å². The molecule has 3 amide bonds. The molecule has 0 bridgehead atoms. The average Bonchev–Trinajstić information content (AvgIpc) is 2.88. The summed E-state index contributed by atoms with van der Waals surface area (Å²) in [6.45, 7) is 8.86. The summed E-state index contributed by atoms with van der Waals surface area (Å²) >= 11 is 0. The van der Waals surface area contributed by atoms with Crippen LogP contribution < -0.4 is 11.1 Å². The van der Waals surface area contributed by atoms with Gasteiger partial charge in [-0.25, -0.2) is 0 Å². The number of nitrogens with zero attached hydrogens (tertiary/aromatic N) is 1. The van der Waals surface area contributed by atoms with Gasteiger partial charge in [0.25, 0.3) is 5.91 Å². The van der Waals surface area contributed by atoms with Gasteiger partial charge in [-0.05, 0) is 43.4 Å². The molecule has 2 heterocycles. The second-order valence-corrected chi connectivity index (χ2v) is 6.20. The molecule has 24 heavy (non-hydrogen) atoms. The largest absolute Gasteiger partial charge is 0.330 e. The van der Waals surface area contributed by atoms with Crippen LogP contribution in [0.5, 0.6) is 0 Å². The highest BCUT2D eigenvalue weighted by Crippen LogP contribution is 2.30. The molecule has 1 unspecified atom stereocenters. The molecule has 6 heteroatoms. The molecule has 0 spiro atoms. The highest BCUT2D eigenvalue weighted by Gasteiger charge is 2.39. The zero-order valence-electron chi connectivity index (χ0n) is 14.0. The standard InChI is InChI=1S/C18H25N3O3/c1-3-13-14(12(2)7-5-4-6-10-19)11-21(18(13)24)15-8-9-16(22)20-17(15)23/h3,15H,1-2,4-11,19H2,(H,20,22,23). The second kappa shape index (κ2) is 8.06. The Hall–Kier alpha value is -2.21. The number of hydrogen-bond acceptors (Lipinski definition) is 4. The summed E-state index contributed by atoms with van der Waals surface area (Å²) in [5.41, 5.74) is 7.77. The fourth-order valence-corrected chi connectivity index (χ4v) is 3.17. The molecule has 6 nitrogen and oxygen atoms in total. The molecule has 0 aromatic rings. The lowest BCUT2D eigenvalue weighted by Crippen LogP contribution is -2.53. The van der Waals surface area contributed by atoms with E-state index in [1.165, 1.54) is 11.0 Å². The van der Waals surface area contributed by atoms with Gasteiger partial charge in [-0.3, -0.25) is 19.7 Å². The van der Waals surface area contributed by atoms with Crippen LogP contribution in [0, 0.1) is 0 Å². The molecule has 1 saturated heterocycles. The highest BCUT2D eigenvalue weighted by atomic mass is 16.2. The van der Waals surface area contributed by atoms with Crippen molar-refractivity contribution in [1.82, 2.24) is 10.2 Å². The van der Waals surface area contributed by atoms with Gasteiger partial charge in [0.05, 0.1) is 0 Å². The van der Waals surface area contributed by atoms with Crippen molar-refractivity contribution in [3.8, 4) is 0 Å². The first-order chi connectivity index (χ1) is 11.5. The smallest absolute Gasteiger partial charge is 0.255 e. The Morgan fingerprint density at radius 1 is 1.29 bits per heavy atom. The summed E-state index contributed by atoms with van der Waals surface area (Å²) in [7, 11) is 0. The van der Waals surface area contributed by atoms with Crippen molar-refractivity contribution < 1.29 is 14.4 Å². The Bertz CT molecular complexity index is 607. The molecule has 3 N–H and O–H groups in total. The lowest BCUT2D eigenvalue weighted by Gasteiger charge is -2.30. The average molecular weight is 331 g/mol. The zero-order valence-corrected chi connectivity index (χ0v) is 14.0. The summed E-state index contributed by atoms with van der Waals surface area (Å²) < 4.78 is 0. The van der Waals surface area contributed by atoms with Crippen molar-refractivity contribution >= 4 is 17.7 Å². The van der Waals surface area contributed by atoms with Crippen LogP contribution in [0.2, 0.25) is 0 Å². The van der Waals surface area contributed by atoms with Crippen LogP contribution in [0.4, 0.5) is 0 Å². The predicted octanol–water partition coefficient (Wildman–Crippen LogP) is 1.19. The van der Waals surface area contributed by atoms with Crippen molar-refractivity contribution in [3.63, 3.8) is 0 Å². The number of amides is 3. The number of imide groups is 1. The van der Waals surface area contributed by atoms with Crippen molar-refractivity contribution in [3.05, 3.63) is 36.0 Å². The molecule has 1 atom stereocenters. The second-order valence-electron chi connectivity index (χ2n) is 6.20. The van der Waals surface area contributed by atoms with Crippen molar-refractivity contribution in [2.45, 2.75) is 44.6 Å². The normalized spacial score (nSPS) is 21.3. The third kappa shape index (κ3) is 3.82.